The zero-order chi connectivity index (χ0) is 17.1. The van der Waals surface area contributed by atoms with Crippen molar-refractivity contribution in [1.82, 2.24) is 0 Å². The fraction of sp³-hybridized carbons (Fsp3) is 0.562. The van der Waals surface area contributed by atoms with Gasteiger partial charge >= 0.3 is 5.97 Å². The van der Waals surface area contributed by atoms with Gasteiger partial charge in [0.2, 0.25) is 0 Å². The summed E-state index contributed by atoms with van der Waals surface area (Å²) in [6.07, 6.45) is 0.549. The van der Waals surface area contributed by atoms with Crippen LogP contribution in [0.2, 0.25) is 0 Å². The van der Waals surface area contributed by atoms with Crippen LogP contribution in [0.25, 0.3) is 0 Å². The first-order valence-corrected chi connectivity index (χ1v) is 7.60. The van der Waals surface area contributed by atoms with E-state index >= 15 is 0 Å². The number of nitrogens with zero attached hydrogens (tertiary/aromatic N) is 1. The maximum Gasteiger partial charge on any atom is 0.303 e. The van der Waals surface area contributed by atoms with Gasteiger partial charge in [-0.25, -0.2) is 0 Å². The summed E-state index contributed by atoms with van der Waals surface area (Å²) in [7, 11) is 0. The van der Waals surface area contributed by atoms with Crippen molar-refractivity contribution < 1.29 is 30.0 Å². The Kier molecular flexibility index (Phi) is 9.23. The fourth-order valence-corrected chi connectivity index (χ4v) is 2.24. The second-order valence-corrected chi connectivity index (χ2v) is 5.14. The van der Waals surface area contributed by atoms with Crippen LogP contribution < -0.4 is 4.90 Å². The molecular formula is C16H25NO6. The van der Waals surface area contributed by atoms with Gasteiger partial charge < -0.3 is 30.1 Å². The molecule has 0 aliphatic rings. The molecule has 0 aliphatic heterocycles. The third-order valence-corrected chi connectivity index (χ3v) is 3.33. The molecule has 0 aliphatic carbocycles. The van der Waals surface area contributed by atoms with Crippen molar-refractivity contribution in [3.63, 3.8) is 0 Å². The summed E-state index contributed by atoms with van der Waals surface area (Å²) in [5.41, 5.74) is 2.18. The average Bonchev–Trinajstić information content (AvgIpc) is 2.56. The maximum absolute atomic E-state index is 10.7. The molecule has 0 spiro atoms. The van der Waals surface area contributed by atoms with Gasteiger partial charge in [0.1, 0.15) is 0 Å². The van der Waals surface area contributed by atoms with Crippen molar-refractivity contribution in [1.29, 1.82) is 0 Å². The van der Waals surface area contributed by atoms with Crippen molar-refractivity contribution in [3.05, 3.63) is 29.3 Å². The van der Waals surface area contributed by atoms with E-state index in [0.717, 1.165) is 5.69 Å². The Morgan fingerprint density at radius 1 is 1.00 bits per heavy atom. The van der Waals surface area contributed by atoms with E-state index in [2.05, 4.69) is 0 Å². The van der Waals surface area contributed by atoms with Gasteiger partial charge in [0.15, 0.2) is 0 Å². The highest BCUT2D eigenvalue weighted by atomic mass is 16.5. The molecule has 1 aromatic rings. The molecular weight excluding hydrogens is 302 g/mol. The largest absolute Gasteiger partial charge is 0.481 e. The molecule has 0 amide bonds. The summed E-state index contributed by atoms with van der Waals surface area (Å²) in [5, 5.41) is 36.2. The Balaban J connectivity index is 2.81. The first kappa shape index (κ1) is 19.4. The molecule has 0 bridgehead atoms. The molecule has 23 heavy (non-hydrogen) atoms. The van der Waals surface area contributed by atoms with Crippen LogP contribution in [-0.4, -0.2) is 59.3 Å². The standard InChI is InChI=1S/C16H25NO6/c18-5-7-23-6-4-17(3-1-2-16(21)22)15-9-13(11-19)8-14(10-15)12-20/h8-10,18-20H,1-7,11-12H2,(H,21,22). The predicted molar refractivity (Wildman–Crippen MR) is 85.3 cm³/mol. The predicted octanol–water partition coefficient (Wildman–Crippen LogP) is 0.351. The van der Waals surface area contributed by atoms with E-state index in [-0.39, 0.29) is 32.8 Å². The lowest BCUT2D eigenvalue weighted by molar-refractivity contribution is -0.137. The van der Waals surface area contributed by atoms with Crippen LogP contribution in [0, 0.1) is 0 Å². The fourth-order valence-electron chi connectivity index (χ4n) is 2.24. The molecule has 0 radical (unpaired) electrons. The van der Waals surface area contributed by atoms with Gasteiger partial charge in [-0.15, -0.1) is 0 Å². The molecule has 0 saturated heterocycles. The zero-order valence-electron chi connectivity index (χ0n) is 13.1. The SMILES string of the molecule is O=C(O)CCCN(CCOCCO)c1cc(CO)cc(CO)c1. The maximum atomic E-state index is 10.7. The topological polar surface area (TPSA) is 110 Å². The summed E-state index contributed by atoms with van der Waals surface area (Å²) in [4.78, 5) is 12.6. The summed E-state index contributed by atoms with van der Waals surface area (Å²) < 4.78 is 5.27. The van der Waals surface area contributed by atoms with Gasteiger partial charge in [-0.3, -0.25) is 4.79 Å². The van der Waals surface area contributed by atoms with E-state index in [4.69, 9.17) is 14.9 Å². The number of aliphatic hydroxyl groups is 3. The van der Waals surface area contributed by atoms with Crippen molar-refractivity contribution in [2.24, 2.45) is 0 Å². The van der Waals surface area contributed by atoms with E-state index < -0.39 is 5.97 Å². The summed E-state index contributed by atoms with van der Waals surface area (Å²) in [6, 6.07) is 5.35. The lowest BCUT2D eigenvalue weighted by Crippen LogP contribution is -2.29. The molecule has 0 heterocycles. The minimum Gasteiger partial charge on any atom is -0.481 e. The minimum absolute atomic E-state index is 0.0479. The molecule has 0 saturated carbocycles. The van der Waals surface area contributed by atoms with Gasteiger partial charge in [0.05, 0.1) is 33.0 Å². The van der Waals surface area contributed by atoms with Crippen LogP contribution in [-0.2, 0) is 22.7 Å². The Hall–Kier alpha value is -1.67. The molecule has 0 atom stereocenters. The van der Waals surface area contributed by atoms with Crippen LogP contribution in [0.4, 0.5) is 5.69 Å². The van der Waals surface area contributed by atoms with E-state index in [1.165, 1.54) is 0 Å². The number of carboxylic acid groups (broad SMARTS) is 1. The number of hydrogen-bond acceptors (Lipinski definition) is 6. The number of benzene rings is 1. The molecule has 7 nitrogen and oxygen atoms in total. The summed E-state index contributed by atoms with van der Waals surface area (Å²) >= 11 is 0. The quantitative estimate of drug-likeness (QED) is 0.410. The van der Waals surface area contributed by atoms with Crippen molar-refractivity contribution in [2.75, 3.05) is 37.8 Å². The van der Waals surface area contributed by atoms with Gasteiger partial charge in [-0.05, 0) is 29.7 Å². The van der Waals surface area contributed by atoms with Crippen LogP contribution in [0.15, 0.2) is 18.2 Å². The molecule has 4 N–H and O–H groups in total. The molecule has 7 heteroatoms. The highest BCUT2D eigenvalue weighted by molar-refractivity contribution is 5.66. The van der Waals surface area contributed by atoms with Crippen molar-refractivity contribution in [2.45, 2.75) is 26.1 Å². The van der Waals surface area contributed by atoms with E-state index in [9.17, 15) is 15.0 Å². The third-order valence-electron chi connectivity index (χ3n) is 3.33. The molecule has 0 unspecified atom stereocenters. The normalized spacial score (nSPS) is 10.7. The Labute approximate surface area is 135 Å². The molecule has 1 aromatic carbocycles. The van der Waals surface area contributed by atoms with Crippen molar-refractivity contribution in [3.8, 4) is 0 Å². The molecule has 1 rings (SSSR count). The van der Waals surface area contributed by atoms with Crippen LogP contribution in [0.1, 0.15) is 24.0 Å². The third kappa shape index (κ3) is 7.43. The number of carboxylic acids is 1. The lowest BCUT2D eigenvalue weighted by Gasteiger charge is -2.26. The van der Waals surface area contributed by atoms with E-state index in [0.29, 0.717) is 37.2 Å². The second kappa shape index (κ2) is 11.0. The van der Waals surface area contributed by atoms with Gasteiger partial charge in [-0.2, -0.15) is 0 Å². The monoisotopic (exact) mass is 327 g/mol. The zero-order valence-corrected chi connectivity index (χ0v) is 13.1. The Morgan fingerprint density at radius 3 is 2.17 bits per heavy atom. The van der Waals surface area contributed by atoms with Gasteiger partial charge in [-0.1, -0.05) is 6.07 Å². The molecule has 0 aromatic heterocycles. The first-order chi connectivity index (χ1) is 11.1. The number of rotatable bonds is 12. The summed E-state index contributed by atoms with van der Waals surface area (Å²) in [5.74, 6) is -0.846. The summed E-state index contributed by atoms with van der Waals surface area (Å²) in [6.45, 7) is 1.38. The van der Waals surface area contributed by atoms with Crippen LogP contribution >= 0.6 is 0 Å². The van der Waals surface area contributed by atoms with Gasteiger partial charge in [0.25, 0.3) is 0 Å². The van der Waals surface area contributed by atoms with Crippen LogP contribution in [0.3, 0.4) is 0 Å². The Morgan fingerprint density at radius 2 is 1.65 bits per heavy atom. The van der Waals surface area contributed by atoms with Crippen molar-refractivity contribution >= 4 is 11.7 Å². The minimum atomic E-state index is -0.846. The second-order valence-electron chi connectivity index (χ2n) is 5.14. The number of aliphatic carboxylic acids is 1. The smallest absolute Gasteiger partial charge is 0.303 e. The Bertz CT molecular complexity index is 457. The van der Waals surface area contributed by atoms with Crippen LogP contribution in [0.5, 0.6) is 0 Å². The molecule has 0 fully saturated rings. The van der Waals surface area contributed by atoms with E-state index in [1.807, 2.05) is 17.0 Å². The highest BCUT2D eigenvalue weighted by Crippen LogP contribution is 2.20. The van der Waals surface area contributed by atoms with E-state index in [1.54, 1.807) is 6.07 Å². The number of carbonyl (C=O) groups is 1. The highest BCUT2D eigenvalue weighted by Gasteiger charge is 2.10. The number of ether oxygens (including phenoxy) is 1. The van der Waals surface area contributed by atoms with Gasteiger partial charge in [0, 0.05) is 25.2 Å². The number of anilines is 1. The lowest BCUT2D eigenvalue weighted by atomic mass is 10.1. The average molecular weight is 327 g/mol. The number of aliphatic hydroxyl groups excluding tert-OH is 3. The molecule has 130 valence electrons. The first-order valence-electron chi connectivity index (χ1n) is 7.60. The number of hydrogen-bond donors (Lipinski definition) is 4.